The predicted octanol–water partition coefficient (Wildman–Crippen LogP) is 1.94. The second-order valence-electron chi connectivity index (χ2n) is 8.16. The Hall–Kier alpha value is -2.87. The maximum absolute atomic E-state index is 11.7. The van der Waals surface area contributed by atoms with Gasteiger partial charge in [0.1, 0.15) is 11.3 Å². The zero-order chi connectivity index (χ0) is 21.4. The second-order valence-corrected chi connectivity index (χ2v) is 8.16. The molecule has 1 aliphatic heterocycles. The van der Waals surface area contributed by atoms with E-state index in [1.54, 1.807) is 13.2 Å². The molecular formula is C23H30N5O2+. The summed E-state index contributed by atoms with van der Waals surface area (Å²) in [6, 6.07) is 10.1. The number of nitrogen functional groups attached to an aromatic ring is 1. The van der Waals surface area contributed by atoms with Crippen molar-refractivity contribution >= 4 is 22.5 Å². The molecule has 1 aliphatic rings. The number of H-pyrrole nitrogens is 1. The number of benzene rings is 2. The number of methoxy groups -OCH3 is 1. The van der Waals surface area contributed by atoms with E-state index in [0.29, 0.717) is 11.3 Å². The molecule has 0 spiro atoms. The highest BCUT2D eigenvalue weighted by atomic mass is 16.5. The van der Waals surface area contributed by atoms with E-state index in [4.69, 9.17) is 10.5 Å². The molecule has 0 saturated carbocycles. The summed E-state index contributed by atoms with van der Waals surface area (Å²) in [7, 11) is 3.87. The van der Waals surface area contributed by atoms with Crippen LogP contribution < -0.4 is 16.2 Å². The minimum absolute atomic E-state index is 0.167. The number of fused-ring (bicyclic) bond motifs is 1. The summed E-state index contributed by atoms with van der Waals surface area (Å²) >= 11 is 0. The Morgan fingerprint density at radius 1 is 1.30 bits per heavy atom. The number of hydrogen-bond donors (Lipinski definition) is 3. The lowest BCUT2D eigenvalue weighted by Crippen LogP contribution is -2.57. The Kier molecular flexibility index (Phi) is 5.51. The van der Waals surface area contributed by atoms with Crippen molar-refractivity contribution in [3.05, 3.63) is 58.8 Å². The Morgan fingerprint density at radius 2 is 2.10 bits per heavy atom. The standard InChI is InChI=1S/C23H29N5O2/c1-14-10-21(30-3)18(16-6-7-26-22(14)16)12-28-9-8-27(2)13-20(28)15-4-5-17(23(25)29)19(24)11-15/h4-7,10-11,20,26H,8-9,12-13,24H2,1-3H3,(H2,25,29)/p+1. The summed E-state index contributed by atoms with van der Waals surface area (Å²) < 4.78 is 5.75. The maximum atomic E-state index is 11.7. The molecule has 1 amide bonds. The number of quaternary nitrogens is 1. The Morgan fingerprint density at radius 3 is 2.80 bits per heavy atom. The van der Waals surface area contributed by atoms with Crippen LogP contribution in [0.2, 0.25) is 0 Å². The minimum Gasteiger partial charge on any atom is -0.496 e. The first kappa shape index (κ1) is 20.4. The van der Waals surface area contributed by atoms with Crippen molar-refractivity contribution in [3.8, 4) is 5.75 Å². The highest BCUT2D eigenvalue weighted by molar-refractivity contribution is 5.92. The van der Waals surface area contributed by atoms with Gasteiger partial charge in [-0.25, -0.2) is 4.79 Å². The molecule has 1 unspecified atom stereocenters. The molecule has 1 saturated heterocycles. The topological polar surface area (TPSA) is 102 Å². The Bertz CT molecular complexity index is 1090. The molecule has 1 aromatic heterocycles. The molecule has 0 bridgehead atoms. The average molecular weight is 409 g/mol. The van der Waals surface area contributed by atoms with Crippen LogP contribution in [0.15, 0.2) is 36.5 Å². The number of nitrogens with two attached hydrogens (primary N) is 1. The Balaban J connectivity index is 1.72. The van der Waals surface area contributed by atoms with Gasteiger partial charge in [-0.2, -0.15) is 0 Å². The van der Waals surface area contributed by atoms with Gasteiger partial charge < -0.3 is 20.4 Å². The molecule has 0 radical (unpaired) electrons. The number of amides is 1. The number of carbonyl (C=O) groups excluding carboxylic acids is 1. The van der Waals surface area contributed by atoms with Gasteiger partial charge in [0, 0.05) is 60.6 Å². The molecule has 2 aromatic carbocycles. The normalized spacial score (nSPS) is 18.1. The highest BCUT2D eigenvalue weighted by Gasteiger charge is 2.29. The van der Waals surface area contributed by atoms with Crippen molar-refractivity contribution in [2.45, 2.75) is 19.5 Å². The summed E-state index contributed by atoms with van der Waals surface area (Å²) in [4.78, 5) is 19.8. The fourth-order valence-corrected chi connectivity index (χ4v) is 4.49. The van der Waals surface area contributed by atoms with E-state index >= 15 is 0 Å². The number of nitrogens with zero attached hydrogens (tertiary/aromatic N) is 2. The van der Waals surface area contributed by atoms with Gasteiger partial charge in [0.15, 0.2) is 0 Å². The van der Waals surface area contributed by atoms with Gasteiger partial charge in [0.25, 0.3) is 0 Å². The van der Waals surface area contributed by atoms with Crippen LogP contribution in [0, 0.1) is 6.92 Å². The molecular weight excluding hydrogens is 378 g/mol. The third kappa shape index (κ3) is 3.67. The van der Waals surface area contributed by atoms with Crippen LogP contribution in [0.3, 0.4) is 0 Å². The number of aromatic nitrogens is 1. The molecule has 7 nitrogen and oxygen atoms in total. The van der Waals surface area contributed by atoms with Crippen LogP contribution in [-0.2, 0) is 6.54 Å². The molecule has 158 valence electrons. The van der Waals surface area contributed by atoms with E-state index in [0.717, 1.165) is 43.0 Å². The first-order valence-electron chi connectivity index (χ1n) is 10.2. The lowest BCUT2D eigenvalue weighted by molar-refractivity contribution is -0.254. The van der Waals surface area contributed by atoms with Crippen molar-refractivity contribution in [2.24, 2.45) is 0 Å². The monoisotopic (exact) mass is 408 g/mol. The molecule has 30 heavy (non-hydrogen) atoms. The van der Waals surface area contributed by atoms with Crippen LogP contribution in [0.25, 0.3) is 10.9 Å². The van der Waals surface area contributed by atoms with E-state index in [2.05, 4.69) is 46.6 Å². The first-order valence-corrected chi connectivity index (χ1v) is 10.2. The number of rotatable bonds is 5. The third-order valence-corrected chi connectivity index (χ3v) is 6.15. The quantitative estimate of drug-likeness (QED) is 0.560. The van der Waals surface area contributed by atoms with Crippen molar-refractivity contribution in [2.75, 3.05) is 39.5 Å². The number of ether oxygens (including phenoxy) is 1. The third-order valence-electron chi connectivity index (χ3n) is 6.15. The number of anilines is 1. The number of piperazine rings is 1. The van der Waals surface area contributed by atoms with Gasteiger partial charge in [-0.1, -0.05) is 6.07 Å². The summed E-state index contributed by atoms with van der Waals surface area (Å²) in [5.41, 5.74) is 15.2. The molecule has 1 fully saturated rings. The van der Waals surface area contributed by atoms with Gasteiger partial charge >= 0.3 is 5.91 Å². The van der Waals surface area contributed by atoms with E-state index in [1.165, 1.54) is 16.5 Å². The lowest BCUT2D eigenvalue weighted by atomic mass is 9.97. The van der Waals surface area contributed by atoms with E-state index in [1.807, 2.05) is 18.3 Å². The lowest BCUT2D eigenvalue weighted by Gasteiger charge is -2.40. The van der Waals surface area contributed by atoms with Gasteiger partial charge in [0.2, 0.25) is 0 Å². The van der Waals surface area contributed by atoms with Crippen molar-refractivity contribution < 1.29 is 15.3 Å². The van der Waals surface area contributed by atoms with Gasteiger partial charge in [-0.05, 0) is 49.4 Å². The fraction of sp³-hybridized carbons (Fsp3) is 0.348. The number of carbonyl (C=O) groups is 1. The van der Waals surface area contributed by atoms with Crippen LogP contribution in [-0.4, -0.2) is 54.5 Å². The molecule has 0 aliphatic carbocycles. The summed E-state index contributed by atoms with van der Waals surface area (Å²) in [6.45, 7) is 5.68. The average Bonchev–Trinajstić information content (AvgIpc) is 3.21. The number of aromatic amines is 1. The Labute approximate surface area is 176 Å². The number of nitrogens with one attached hydrogen (secondary N) is 1. The SMILES string of the molecule is COc1cc(C)c2[nH]ccc2c1CN1CCN(C)CC1c1ccc(C([NH3+])=O)c(N)c1. The smallest absolute Gasteiger partial charge is 0.343 e. The minimum atomic E-state index is -0.254. The van der Waals surface area contributed by atoms with Crippen LogP contribution in [0.5, 0.6) is 5.75 Å². The van der Waals surface area contributed by atoms with Gasteiger partial charge in [-0.15, -0.1) is 0 Å². The maximum Gasteiger partial charge on any atom is 0.343 e. The van der Waals surface area contributed by atoms with Crippen molar-refractivity contribution in [1.29, 1.82) is 0 Å². The zero-order valence-electron chi connectivity index (χ0n) is 17.9. The van der Waals surface area contributed by atoms with Crippen LogP contribution >= 0.6 is 0 Å². The second kappa shape index (κ2) is 8.10. The molecule has 7 heteroatoms. The summed E-state index contributed by atoms with van der Waals surface area (Å²) in [6.07, 6.45) is 1.98. The fourth-order valence-electron chi connectivity index (χ4n) is 4.49. The van der Waals surface area contributed by atoms with Crippen molar-refractivity contribution in [3.63, 3.8) is 0 Å². The molecule has 6 N–H and O–H groups in total. The zero-order valence-corrected chi connectivity index (χ0v) is 17.9. The molecule has 1 atom stereocenters. The number of likely N-dealkylation sites (N-methyl/N-ethyl adjacent to an activating group) is 1. The van der Waals surface area contributed by atoms with E-state index < -0.39 is 0 Å². The molecule has 4 rings (SSSR count). The first-order chi connectivity index (χ1) is 14.4. The van der Waals surface area contributed by atoms with Crippen molar-refractivity contribution in [1.82, 2.24) is 14.8 Å². The van der Waals surface area contributed by atoms with Gasteiger partial charge in [0.05, 0.1) is 7.11 Å². The largest absolute Gasteiger partial charge is 0.496 e. The number of hydrogen-bond acceptors (Lipinski definition) is 5. The summed E-state index contributed by atoms with van der Waals surface area (Å²) in [5.74, 6) is 0.658. The van der Waals surface area contributed by atoms with E-state index in [9.17, 15) is 4.79 Å². The van der Waals surface area contributed by atoms with Crippen LogP contribution in [0.1, 0.15) is 33.1 Å². The summed E-state index contributed by atoms with van der Waals surface area (Å²) in [5, 5.41) is 1.20. The van der Waals surface area contributed by atoms with E-state index in [-0.39, 0.29) is 11.9 Å². The molecule has 2 heterocycles. The predicted molar refractivity (Wildman–Crippen MR) is 118 cm³/mol. The van der Waals surface area contributed by atoms with Gasteiger partial charge in [-0.3, -0.25) is 10.6 Å². The van der Waals surface area contributed by atoms with Crippen LogP contribution in [0.4, 0.5) is 5.69 Å². The molecule has 3 aromatic rings. The highest BCUT2D eigenvalue weighted by Crippen LogP contribution is 2.35. The number of aryl methyl sites for hydroxylation is 1.